The number of hydrogen-bond donors (Lipinski definition) is 3. The first kappa shape index (κ1) is 19.6. The molecule has 8 nitrogen and oxygen atoms in total. The number of rotatable bonds is 5. The third kappa shape index (κ3) is 4.15. The summed E-state index contributed by atoms with van der Waals surface area (Å²) in [5.41, 5.74) is 0.695. The second kappa shape index (κ2) is 7.96. The lowest BCUT2D eigenvalue weighted by Crippen LogP contribution is -2.17. The summed E-state index contributed by atoms with van der Waals surface area (Å²) in [5.74, 6) is 0.293. The average Bonchev–Trinajstić information content (AvgIpc) is 2.75. The molecular formula is C21H18N2O6S. The Labute approximate surface area is 173 Å². The van der Waals surface area contributed by atoms with Gasteiger partial charge in [0.05, 0.1) is 10.6 Å². The van der Waals surface area contributed by atoms with Gasteiger partial charge in [0.2, 0.25) is 0 Å². The van der Waals surface area contributed by atoms with Crippen molar-refractivity contribution in [2.24, 2.45) is 0 Å². The van der Waals surface area contributed by atoms with Crippen LogP contribution in [0.5, 0.6) is 17.2 Å². The molecule has 3 N–H and O–H groups in total. The van der Waals surface area contributed by atoms with E-state index in [0.29, 0.717) is 24.7 Å². The summed E-state index contributed by atoms with van der Waals surface area (Å²) in [6, 6.07) is 16.7. The van der Waals surface area contributed by atoms with Gasteiger partial charge in [-0.1, -0.05) is 18.2 Å². The highest BCUT2D eigenvalue weighted by Gasteiger charge is 2.20. The van der Waals surface area contributed by atoms with Gasteiger partial charge >= 0.3 is 0 Å². The second-order valence-corrected chi connectivity index (χ2v) is 8.15. The van der Waals surface area contributed by atoms with Gasteiger partial charge < -0.3 is 19.9 Å². The zero-order valence-electron chi connectivity index (χ0n) is 15.7. The number of sulfonamides is 1. The number of para-hydroxylation sites is 2. The van der Waals surface area contributed by atoms with E-state index in [1.807, 2.05) is 0 Å². The summed E-state index contributed by atoms with van der Waals surface area (Å²) in [6.45, 7) is 0.755. The van der Waals surface area contributed by atoms with Gasteiger partial charge in [-0.05, 0) is 42.5 Å². The van der Waals surface area contributed by atoms with Crippen molar-refractivity contribution in [3.63, 3.8) is 0 Å². The molecule has 0 radical (unpaired) electrons. The number of nitrogens with one attached hydrogen (secondary N) is 2. The van der Waals surface area contributed by atoms with Crippen LogP contribution in [-0.4, -0.2) is 32.6 Å². The molecule has 30 heavy (non-hydrogen) atoms. The molecule has 0 atom stereocenters. The van der Waals surface area contributed by atoms with Crippen molar-refractivity contribution < 1.29 is 27.8 Å². The van der Waals surface area contributed by atoms with E-state index in [4.69, 9.17) is 9.47 Å². The molecule has 1 aliphatic rings. The molecular weight excluding hydrogens is 408 g/mol. The number of benzene rings is 3. The van der Waals surface area contributed by atoms with Gasteiger partial charge in [0.25, 0.3) is 15.9 Å². The number of phenols is 1. The molecule has 0 unspecified atom stereocenters. The maximum absolute atomic E-state index is 12.8. The molecule has 1 aliphatic heterocycles. The minimum absolute atomic E-state index is 0.0100. The highest BCUT2D eigenvalue weighted by atomic mass is 32.2. The first-order valence-corrected chi connectivity index (χ1v) is 10.5. The fourth-order valence-electron chi connectivity index (χ4n) is 2.90. The Balaban J connectivity index is 1.54. The number of carbonyl (C=O) groups is 1. The number of aromatic hydroxyl groups is 1. The molecule has 4 rings (SSSR count). The number of anilines is 2. The van der Waals surface area contributed by atoms with Crippen molar-refractivity contribution in [3.8, 4) is 17.2 Å². The van der Waals surface area contributed by atoms with Crippen LogP contribution in [0.2, 0.25) is 0 Å². The minimum atomic E-state index is -3.91. The Morgan fingerprint density at radius 2 is 1.67 bits per heavy atom. The van der Waals surface area contributed by atoms with Crippen LogP contribution < -0.4 is 19.5 Å². The third-order valence-electron chi connectivity index (χ3n) is 4.35. The molecule has 0 saturated carbocycles. The summed E-state index contributed by atoms with van der Waals surface area (Å²) in [6.07, 6.45) is 0. The molecule has 3 aromatic rings. The third-order valence-corrected chi connectivity index (χ3v) is 5.73. The number of phenolic OH excluding ortho intramolecular Hbond substituents is 1. The summed E-state index contributed by atoms with van der Waals surface area (Å²) in [4.78, 5) is 12.5. The summed E-state index contributed by atoms with van der Waals surface area (Å²) >= 11 is 0. The van der Waals surface area contributed by atoms with Crippen molar-refractivity contribution >= 4 is 27.3 Å². The van der Waals surface area contributed by atoms with Crippen LogP contribution in [0.15, 0.2) is 71.6 Å². The van der Waals surface area contributed by atoms with Crippen LogP contribution >= 0.6 is 0 Å². The molecule has 1 amide bonds. The van der Waals surface area contributed by atoms with Gasteiger partial charge in [-0.3, -0.25) is 9.52 Å². The van der Waals surface area contributed by atoms with E-state index >= 15 is 0 Å². The van der Waals surface area contributed by atoms with Gasteiger partial charge in [-0.2, -0.15) is 0 Å². The highest BCUT2D eigenvalue weighted by Crippen LogP contribution is 2.32. The lowest BCUT2D eigenvalue weighted by molar-refractivity contribution is 0.102. The van der Waals surface area contributed by atoms with Crippen molar-refractivity contribution in [1.29, 1.82) is 0 Å². The number of fused-ring (bicyclic) bond motifs is 1. The average molecular weight is 426 g/mol. The maximum atomic E-state index is 12.8. The van der Waals surface area contributed by atoms with E-state index in [0.717, 1.165) is 0 Å². The van der Waals surface area contributed by atoms with Crippen LogP contribution in [0, 0.1) is 0 Å². The van der Waals surface area contributed by atoms with Gasteiger partial charge in [0.1, 0.15) is 19.0 Å². The number of amides is 1. The van der Waals surface area contributed by atoms with Gasteiger partial charge in [0, 0.05) is 17.3 Å². The zero-order chi connectivity index (χ0) is 21.1. The van der Waals surface area contributed by atoms with Crippen LogP contribution in [0.3, 0.4) is 0 Å². The quantitative estimate of drug-likeness (QED) is 0.540. The summed E-state index contributed by atoms with van der Waals surface area (Å²) in [5, 5.41) is 12.4. The molecule has 0 bridgehead atoms. The Morgan fingerprint density at radius 1 is 0.900 bits per heavy atom. The largest absolute Gasteiger partial charge is 0.506 e. The van der Waals surface area contributed by atoms with E-state index < -0.39 is 15.9 Å². The maximum Gasteiger partial charge on any atom is 0.262 e. The van der Waals surface area contributed by atoms with Gasteiger partial charge in [0.15, 0.2) is 11.5 Å². The normalized spacial score (nSPS) is 12.8. The smallest absolute Gasteiger partial charge is 0.262 e. The predicted octanol–water partition coefficient (Wildman–Crippen LogP) is 3.22. The Morgan fingerprint density at radius 3 is 2.47 bits per heavy atom. The molecule has 0 aromatic heterocycles. The van der Waals surface area contributed by atoms with E-state index in [2.05, 4.69) is 10.0 Å². The Kier molecular flexibility index (Phi) is 5.20. The number of hydrogen-bond acceptors (Lipinski definition) is 6. The highest BCUT2D eigenvalue weighted by molar-refractivity contribution is 7.92. The number of carbonyl (C=O) groups excluding carboxylic acids is 1. The lowest BCUT2D eigenvalue weighted by Gasteiger charge is -2.19. The molecule has 0 aliphatic carbocycles. The topological polar surface area (TPSA) is 114 Å². The standard InChI is InChI=1S/C21H18N2O6S/c24-18-7-2-1-6-17(18)22-21(25)14-4-3-5-15(12-14)23-30(26,27)16-8-9-19-20(13-16)29-11-10-28-19/h1-9,12-13,23-24H,10-11H2,(H,22,25). The Bertz CT molecular complexity index is 1210. The molecule has 154 valence electrons. The van der Waals surface area contributed by atoms with Crippen LogP contribution in [0.1, 0.15) is 10.4 Å². The van der Waals surface area contributed by atoms with Gasteiger partial charge in [-0.15, -0.1) is 0 Å². The monoisotopic (exact) mass is 426 g/mol. The molecule has 0 saturated heterocycles. The second-order valence-electron chi connectivity index (χ2n) is 6.46. The van der Waals surface area contributed by atoms with Crippen molar-refractivity contribution in [3.05, 3.63) is 72.3 Å². The first-order valence-electron chi connectivity index (χ1n) is 9.04. The molecule has 3 aromatic carbocycles. The lowest BCUT2D eigenvalue weighted by atomic mass is 10.2. The molecule has 1 heterocycles. The molecule has 0 spiro atoms. The van der Waals surface area contributed by atoms with E-state index in [9.17, 15) is 18.3 Å². The van der Waals surface area contributed by atoms with Crippen LogP contribution in [0.25, 0.3) is 0 Å². The van der Waals surface area contributed by atoms with E-state index in [-0.39, 0.29) is 27.6 Å². The fourth-order valence-corrected chi connectivity index (χ4v) is 3.97. The predicted molar refractivity (Wildman–Crippen MR) is 111 cm³/mol. The first-order chi connectivity index (χ1) is 14.4. The van der Waals surface area contributed by atoms with Crippen LogP contribution in [0.4, 0.5) is 11.4 Å². The van der Waals surface area contributed by atoms with E-state index in [1.165, 1.54) is 36.4 Å². The fraction of sp³-hybridized carbons (Fsp3) is 0.0952. The van der Waals surface area contributed by atoms with Crippen molar-refractivity contribution in [1.82, 2.24) is 0 Å². The molecule has 0 fully saturated rings. The van der Waals surface area contributed by atoms with Crippen molar-refractivity contribution in [2.45, 2.75) is 4.90 Å². The SMILES string of the molecule is O=C(Nc1ccccc1O)c1cccc(NS(=O)(=O)c2ccc3c(c2)OCCO3)c1. The van der Waals surface area contributed by atoms with Crippen LogP contribution in [-0.2, 0) is 10.0 Å². The minimum Gasteiger partial charge on any atom is -0.506 e. The summed E-state index contributed by atoms with van der Waals surface area (Å²) in [7, 11) is -3.91. The zero-order valence-corrected chi connectivity index (χ0v) is 16.5. The van der Waals surface area contributed by atoms with Gasteiger partial charge in [-0.25, -0.2) is 8.42 Å². The number of ether oxygens (including phenoxy) is 2. The summed E-state index contributed by atoms with van der Waals surface area (Å²) < 4.78 is 38.8. The molecule has 9 heteroatoms. The Hall–Kier alpha value is -3.72. The van der Waals surface area contributed by atoms with Crippen molar-refractivity contribution in [2.75, 3.05) is 23.3 Å². The van der Waals surface area contributed by atoms with E-state index in [1.54, 1.807) is 30.3 Å².